The second kappa shape index (κ2) is 4.02. The molecule has 0 aromatic heterocycles. The average molecular weight is 296 g/mol. The monoisotopic (exact) mass is 295 g/mol. The quantitative estimate of drug-likeness (QED) is 0.797. The largest absolute Gasteiger partial charge is 0.489 e. The zero-order chi connectivity index (χ0) is 11.9. The molecule has 1 aliphatic carbocycles. The normalized spacial score (nSPS) is 21.6. The fourth-order valence-corrected chi connectivity index (χ4v) is 3.19. The number of para-hydroxylation sites is 1. The van der Waals surface area contributed by atoms with E-state index < -0.39 is 0 Å². The molecular formula is C13H14BrNO2. The Hall–Kier alpha value is -1.03. The summed E-state index contributed by atoms with van der Waals surface area (Å²) < 4.78 is 6.75. The number of carbonyl (C=O) groups is 1. The molecule has 1 aromatic carbocycles. The number of halogens is 1. The first kappa shape index (κ1) is 11.1. The molecule has 1 fully saturated rings. The number of hydrogen-bond acceptors (Lipinski definition) is 2. The average Bonchev–Trinajstić information content (AvgIpc) is 2.72. The summed E-state index contributed by atoms with van der Waals surface area (Å²) in [5.41, 5.74) is 0.464. The molecule has 3 nitrogen and oxygen atoms in total. The molecule has 1 amide bonds. The van der Waals surface area contributed by atoms with E-state index in [1.54, 1.807) is 0 Å². The second-order valence-electron chi connectivity index (χ2n) is 4.85. The highest BCUT2D eigenvalue weighted by Crippen LogP contribution is 2.44. The van der Waals surface area contributed by atoms with E-state index in [0.29, 0.717) is 6.61 Å². The molecule has 17 heavy (non-hydrogen) atoms. The maximum absolute atomic E-state index is 12.3. The SMILES string of the molecule is O=C1Nc2cccc(Br)c2OCC12CCCC2. The number of benzene rings is 1. The molecule has 0 atom stereocenters. The highest BCUT2D eigenvalue weighted by Gasteiger charge is 2.44. The van der Waals surface area contributed by atoms with Crippen LogP contribution in [0.2, 0.25) is 0 Å². The first-order valence-corrected chi connectivity index (χ1v) is 6.73. The summed E-state index contributed by atoms with van der Waals surface area (Å²) in [4.78, 5) is 12.3. The maximum Gasteiger partial charge on any atom is 0.234 e. The highest BCUT2D eigenvalue weighted by molar-refractivity contribution is 9.10. The van der Waals surface area contributed by atoms with Gasteiger partial charge in [0.05, 0.1) is 15.6 Å². The number of fused-ring (bicyclic) bond motifs is 1. The van der Waals surface area contributed by atoms with Gasteiger partial charge in [0.1, 0.15) is 6.61 Å². The van der Waals surface area contributed by atoms with E-state index in [0.717, 1.165) is 41.6 Å². The van der Waals surface area contributed by atoms with Crippen LogP contribution in [0.4, 0.5) is 5.69 Å². The number of anilines is 1. The third kappa shape index (κ3) is 1.75. The first-order valence-electron chi connectivity index (χ1n) is 5.94. The number of hydrogen-bond donors (Lipinski definition) is 1. The van der Waals surface area contributed by atoms with E-state index in [4.69, 9.17) is 4.74 Å². The molecular weight excluding hydrogens is 282 g/mol. The predicted octanol–water partition coefficient (Wildman–Crippen LogP) is 3.34. The van der Waals surface area contributed by atoms with Gasteiger partial charge in [0.15, 0.2) is 5.75 Å². The summed E-state index contributed by atoms with van der Waals surface area (Å²) in [5, 5.41) is 3.00. The maximum atomic E-state index is 12.3. The molecule has 0 unspecified atom stereocenters. The van der Waals surface area contributed by atoms with E-state index >= 15 is 0 Å². The van der Waals surface area contributed by atoms with Gasteiger partial charge in [0.2, 0.25) is 5.91 Å². The van der Waals surface area contributed by atoms with Crippen molar-refractivity contribution < 1.29 is 9.53 Å². The predicted molar refractivity (Wildman–Crippen MR) is 69.2 cm³/mol. The van der Waals surface area contributed by atoms with Crippen LogP contribution in [0.5, 0.6) is 5.75 Å². The van der Waals surface area contributed by atoms with E-state index in [2.05, 4.69) is 21.2 Å². The molecule has 1 N–H and O–H groups in total. The minimum atomic E-state index is -0.307. The Labute approximate surface area is 109 Å². The minimum absolute atomic E-state index is 0.117. The molecule has 0 saturated heterocycles. The van der Waals surface area contributed by atoms with Crippen molar-refractivity contribution in [2.24, 2.45) is 5.41 Å². The van der Waals surface area contributed by atoms with Crippen LogP contribution in [0, 0.1) is 5.41 Å². The van der Waals surface area contributed by atoms with Crippen molar-refractivity contribution in [3.8, 4) is 5.75 Å². The highest BCUT2D eigenvalue weighted by atomic mass is 79.9. The Bertz CT molecular complexity index is 466. The zero-order valence-electron chi connectivity index (χ0n) is 9.46. The second-order valence-corrected chi connectivity index (χ2v) is 5.70. The Balaban J connectivity index is 1.99. The molecule has 1 aliphatic heterocycles. The number of carbonyl (C=O) groups excluding carboxylic acids is 1. The number of ether oxygens (including phenoxy) is 1. The molecule has 1 heterocycles. The van der Waals surface area contributed by atoms with E-state index in [1.807, 2.05) is 18.2 Å². The molecule has 1 spiro atoms. The van der Waals surface area contributed by atoms with Gasteiger partial charge in [0, 0.05) is 0 Å². The summed E-state index contributed by atoms with van der Waals surface area (Å²) >= 11 is 3.46. The van der Waals surface area contributed by atoms with Gasteiger partial charge in [-0.3, -0.25) is 4.79 Å². The molecule has 90 valence electrons. The molecule has 4 heteroatoms. The van der Waals surface area contributed by atoms with Crippen LogP contribution < -0.4 is 10.1 Å². The van der Waals surface area contributed by atoms with Gasteiger partial charge in [0.25, 0.3) is 0 Å². The summed E-state index contributed by atoms with van der Waals surface area (Å²) in [7, 11) is 0. The van der Waals surface area contributed by atoms with Gasteiger partial charge in [-0.1, -0.05) is 18.9 Å². The van der Waals surface area contributed by atoms with Crippen LogP contribution in [0.3, 0.4) is 0 Å². The van der Waals surface area contributed by atoms with Gasteiger partial charge in [-0.25, -0.2) is 0 Å². The lowest BCUT2D eigenvalue weighted by molar-refractivity contribution is -0.126. The van der Waals surface area contributed by atoms with Crippen LogP contribution in [-0.2, 0) is 4.79 Å². The van der Waals surface area contributed by atoms with E-state index in [9.17, 15) is 4.79 Å². The summed E-state index contributed by atoms with van der Waals surface area (Å²) in [6.45, 7) is 0.494. The molecule has 0 bridgehead atoms. The third-order valence-corrected chi connectivity index (χ3v) is 4.37. The van der Waals surface area contributed by atoms with Crippen molar-refractivity contribution >= 4 is 27.5 Å². The van der Waals surface area contributed by atoms with E-state index in [1.165, 1.54) is 0 Å². The first-order chi connectivity index (χ1) is 8.21. The van der Waals surface area contributed by atoms with Crippen LogP contribution in [-0.4, -0.2) is 12.5 Å². The zero-order valence-corrected chi connectivity index (χ0v) is 11.0. The van der Waals surface area contributed by atoms with Gasteiger partial charge in [-0.2, -0.15) is 0 Å². The molecule has 0 radical (unpaired) electrons. The van der Waals surface area contributed by atoms with E-state index in [-0.39, 0.29) is 11.3 Å². The smallest absolute Gasteiger partial charge is 0.234 e. The Morgan fingerprint density at radius 2 is 2.06 bits per heavy atom. The fraction of sp³-hybridized carbons (Fsp3) is 0.462. The molecule has 2 aliphatic rings. The van der Waals surface area contributed by atoms with Crippen molar-refractivity contribution in [3.63, 3.8) is 0 Å². The standard InChI is InChI=1S/C13H14BrNO2/c14-9-4-3-5-10-11(9)17-8-13(12(16)15-10)6-1-2-7-13/h3-5H,1-2,6-8H2,(H,15,16). The fourth-order valence-electron chi connectivity index (χ4n) is 2.71. The molecule has 1 saturated carbocycles. The van der Waals surface area contributed by atoms with Crippen LogP contribution in [0.1, 0.15) is 25.7 Å². The Kier molecular flexibility index (Phi) is 2.62. The van der Waals surface area contributed by atoms with Gasteiger partial charge < -0.3 is 10.1 Å². The number of nitrogens with one attached hydrogen (secondary N) is 1. The third-order valence-electron chi connectivity index (χ3n) is 3.75. The minimum Gasteiger partial charge on any atom is -0.489 e. The number of amides is 1. The molecule has 1 aromatic rings. The van der Waals surface area contributed by atoms with Crippen molar-refractivity contribution in [3.05, 3.63) is 22.7 Å². The van der Waals surface area contributed by atoms with Gasteiger partial charge in [-0.05, 0) is 40.9 Å². The van der Waals surface area contributed by atoms with Gasteiger partial charge >= 0.3 is 0 Å². The van der Waals surface area contributed by atoms with Crippen molar-refractivity contribution in [2.75, 3.05) is 11.9 Å². The van der Waals surface area contributed by atoms with Crippen LogP contribution in [0.15, 0.2) is 22.7 Å². The topological polar surface area (TPSA) is 38.3 Å². The van der Waals surface area contributed by atoms with Gasteiger partial charge in [-0.15, -0.1) is 0 Å². The lowest BCUT2D eigenvalue weighted by Crippen LogP contribution is -2.37. The van der Waals surface area contributed by atoms with Crippen molar-refractivity contribution in [2.45, 2.75) is 25.7 Å². The molecule has 3 rings (SSSR count). The van der Waals surface area contributed by atoms with Crippen LogP contribution in [0.25, 0.3) is 0 Å². The van der Waals surface area contributed by atoms with Crippen LogP contribution >= 0.6 is 15.9 Å². The lowest BCUT2D eigenvalue weighted by atomic mass is 9.86. The van der Waals surface area contributed by atoms with Crippen molar-refractivity contribution in [1.29, 1.82) is 0 Å². The summed E-state index contributed by atoms with van der Waals surface area (Å²) in [6.07, 6.45) is 4.11. The summed E-state index contributed by atoms with van der Waals surface area (Å²) in [5.74, 6) is 0.872. The van der Waals surface area contributed by atoms with Crippen molar-refractivity contribution in [1.82, 2.24) is 0 Å². The Morgan fingerprint density at radius 1 is 1.29 bits per heavy atom. The lowest BCUT2D eigenvalue weighted by Gasteiger charge is -2.23. The Morgan fingerprint density at radius 3 is 2.82 bits per heavy atom. The summed E-state index contributed by atoms with van der Waals surface area (Å²) in [6, 6.07) is 5.71. The number of rotatable bonds is 0.